The molecule has 1 N–H and O–H groups in total. The first-order chi connectivity index (χ1) is 7.98. The first-order valence-corrected chi connectivity index (χ1v) is 5.18. The molecule has 1 amide bonds. The highest BCUT2D eigenvalue weighted by molar-refractivity contribution is 5.82. The van der Waals surface area contributed by atoms with Gasteiger partial charge in [0.2, 0.25) is 6.41 Å². The lowest BCUT2D eigenvalue weighted by molar-refractivity contribution is -0.154. The Labute approximate surface area is 98.7 Å². The molecule has 0 aliphatic heterocycles. The van der Waals surface area contributed by atoms with Crippen LogP contribution in [0.1, 0.15) is 19.4 Å². The van der Waals surface area contributed by atoms with Gasteiger partial charge >= 0.3 is 5.97 Å². The number of carboxylic acids is 1. The molecule has 0 saturated heterocycles. The highest BCUT2D eigenvalue weighted by atomic mass is 19.1. The highest BCUT2D eigenvalue weighted by Gasteiger charge is 2.42. The van der Waals surface area contributed by atoms with E-state index in [0.29, 0.717) is 6.41 Å². The standard InChI is InChI=1S/C12H14FNO3/c1-3-14(8-15)12(2,11(16)17)9-6-4-5-7-10(9)13/h4-8H,3H2,1-2H3,(H,16,17). The van der Waals surface area contributed by atoms with E-state index in [1.807, 2.05) is 0 Å². The van der Waals surface area contributed by atoms with Gasteiger partial charge in [0.15, 0.2) is 5.54 Å². The maximum Gasteiger partial charge on any atom is 0.334 e. The van der Waals surface area contributed by atoms with Gasteiger partial charge in [-0.1, -0.05) is 18.2 Å². The van der Waals surface area contributed by atoms with Crippen LogP contribution in [0.4, 0.5) is 4.39 Å². The Morgan fingerprint density at radius 1 is 1.53 bits per heavy atom. The molecule has 5 heteroatoms. The van der Waals surface area contributed by atoms with Crippen LogP contribution in [-0.4, -0.2) is 28.9 Å². The van der Waals surface area contributed by atoms with Crippen LogP contribution < -0.4 is 0 Å². The summed E-state index contributed by atoms with van der Waals surface area (Å²) in [4.78, 5) is 23.3. The van der Waals surface area contributed by atoms with Crippen molar-refractivity contribution in [2.24, 2.45) is 0 Å². The third kappa shape index (κ3) is 2.13. The number of carboxylic acid groups (broad SMARTS) is 1. The summed E-state index contributed by atoms with van der Waals surface area (Å²) >= 11 is 0. The lowest BCUT2D eigenvalue weighted by atomic mass is 9.90. The summed E-state index contributed by atoms with van der Waals surface area (Å²) in [5.41, 5.74) is -1.72. The lowest BCUT2D eigenvalue weighted by Crippen LogP contribution is -2.49. The molecule has 1 unspecified atom stereocenters. The Kier molecular flexibility index (Phi) is 3.83. The van der Waals surface area contributed by atoms with Crippen LogP contribution in [0.15, 0.2) is 24.3 Å². The number of amides is 1. The van der Waals surface area contributed by atoms with Crippen LogP contribution in [0.5, 0.6) is 0 Å². The Bertz CT molecular complexity index is 436. The second-order valence-corrected chi connectivity index (χ2v) is 3.75. The number of benzene rings is 1. The summed E-state index contributed by atoms with van der Waals surface area (Å²) < 4.78 is 13.7. The summed E-state index contributed by atoms with van der Waals surface area (Å²) in [5.74, 6) is -1.91. The van der Waals surface area contributed by atoms with E-state index in [4.69, 9.17) is 0 Å². The number of likely N-dealkylation sites (N-methyl/N-ethyl adjacent to an activating group) is 1. The highest BCUT2D eigenvalue weighted by Crippen LogP contribution is 2.29. The van der Waals surface area contributed by atoms with Crippen molar-refractivity contribution < 1.29 is 19.1 Å². The average Bonchev–Trinajstić information content (AvgIpc) is 2.30. The largest absolute Gasteiger partial charge is 0.479 e. The minimum atomic E-state index is -1.69. The van der Waals surface area contributed by atoms with Crippen molar-refractivity contribution in [2.45, 2.75) is 19.4 Å². The summed E-state index contributed by atoms with van der Waals surface area (Å²) in [6.07, 6.45) is 0.417. The summed E-state index contributed by atoms with van der Waals surface area (Å²) in [7, 11) is 0. The maximum atomic E-state index is 13.7. The normalized spacial score (nSPS) is 13.8. The fourth-order valence-corrected chi connectivity index (χ4v) is 1.74. The topological polar surface area (TPSA) is 57.6 Å². The van der Waals surface area contributed by atoms with Gasteiger partial charge in [0, 0.05) is 12.1 Å². The Morgan fingerprint density at radius 2 is 2.12 bits per heavy atom. The number of carbonyl (C=O) groups excluding carboxylic acids is 1. The third-order valence-corrected chi connectivity index (χ3v) is 2.86. The first kappa shape index (κ1) is 13.2. The molecule has 0 saturated carbocycles. The molecule has 0 radical (unpaired) electrons. The molecule has 17 heavy (non-hydrogen) atoms. The van der Waals surface area contributed by atoms with Gasteiger partial charge in [0.1, 0.15) is 5.82 Å². The molecule has 1 aromatic rings. The van der Waals surface area contributed by atoms with Crippen molar-refractivity contribution in [1.82, 2.24) is 4.90 Å². The Morgan fingerprint density at radius 3 is 2.53 bits per heavy atom. The molecular formula is C12H14FNO3. The number of carbonyl (C=O) groups is 2. The van der Waals surface area contributed by atoms with Crippen molar-refractivity contribution in [3.63, 3.8) is 0 Å². The zero-order chi connectivity index (χ0) is 13.1. The number of nitrogens with zero attached hydrogens (tertiary/aromatic N) is 1. The smallest absolute Gasteiger partial charge is 0.334 e. The monoisotopic (exact) mass is 239 g/mol. The second kappa shape index (κ2) is 4.95. The minimum Gasteiger partial charge on any atom is -0.479 e. The summed E-state index contributed by atoms with van der Waals surface area (Å²) in [5, 5.41) is 9.28. The van der Waals surface area contributed by atoms with E-state index >= 15 is 0 Å². The van der Waals surface area contributed by atoms with E-state index in [9.17, 15) is 19.1 Å². The second-order valence-electron chi connectivity index (χ2n) is 3.75. The fourth-order valence-electron chi connectivity index (χ4n) is 1.74. The van der Waals surface area contributed by atoms with Crippen LogP contribution >= 0.6 is 0 Å². The molecule has 1 atom stereocenters. The van der Waals surface area contributed by atoms with Crippen molar-refractivity contribution in [3.8, 4) is 0 Å². The molecule has 1 aromatic carbocycles. The first-order valence-electron chi connectivity index (χ1n) is 5.18. The molecule has 0 aliphatic rings. The molecule has 0 fully saturated rings. The van der Waals surface area contributed by atoms with Crippen molar-refractivity contribution >= 4 is 12.4 Å². The molecule has 0 heterocycles. The van der Waals surface area contributed by atoms with Crippen LogP contribution in [-0.2, 0) is 15.1 Å². The van der Waals surface area contributed by atoms with E-state index in [0.717, 1.165) is 4.90 Å². The number of hydrogen-bond donors (Lipinski definition) is 1. The Hall–Kier alpha value is -1.91. The molecule has 0 bridgehead atoms. The van der Waals surface area contributed by atoms with Crippen LogP contribution in [0.3, 0.4) is 0 Å². The minimum absolute atomic E-state index is 0.0264. The van der Waals surface area contributed by atoms with E-state index in [1.54, 1.807) is 6.92 Å². The van der Waals surface area contributed by atoms with Gasteiger partial charge in [-0.05, 0) is 19.9 Å². The van der Waals surface area contributed by atoms with Crippen LogP contribution in [0.2, 0.25) is 0 Å². The van der Waals surface area contributed by atoms with Gasteiger partial charge in [-0.25, -0.2) is 9.18 Å². The van der Waals surface area contributed by atoms with Gasteiger partial charge in [0.05, 0.1) is 0 Å². The molecule has 92 valence electrons. The van der Waals surface area contributed by atoms with Gasteiger partial charge in [-0.15, -0.1) is 0 Å². The zero-order valence-electron chi connectivity index (χ0n) is 9.68. The fraction of sp³-hybridized carbons (Fsp3) is 0.333. The number of aliphatic carboxylic acids is 1. The molecular weight excluding hydrogens is 225 g/mol. The van der Waals surface area contributed by atoms with E-state index in [1.165, 1.54) is 31.2 Å². The van der Waals surface area contributed by atoms with E-state index < -0.39 is 17.3 Å². The Balaban J connectivity index is 3.40. The number of rotatable bonds is 5. The third-order valence-electron chi connectivity index (χ3n) is 2.86. The van der Waals surface area contributed by atoms with E-state index in [2.05, 4.69) is 0 Å². The zero-order valence-corrected chi connectivity index (χ0v) is 9.68. The number of hydrogen-bond acceptors (Lipinski definition) is 2. The summed E-state index contributed by atoms with van der Waals surface area (Å²) in [6, 6.07) is 5.56. The van der Waals surface area contributed by atoms with Gasteiger partial charge in [-0.2, -0.15) is 0 Å². The molecule has 0 aromatic heterocycles. The van der Waals surface area contributed by atoms with Crippen LogP contribution in [0, 0.1) is 5.82 Å². The molecule has 0 spiro atoms. The SMILES string of the molecule is CCN(C=O)C(C)(C(=O)O)c1ccccc1F. The van der Waals surface area contributed by atoms with Gasteiger partial charge in [0.25, 0.3) is 0 Å². The molecule has 1 rings (SSSR count). The summed E-state index contributed by atoms with van der Waals surface area (Å²) in [6.45, 7) is 3.13. The van der Waals surface area contributed by atoms with Crippen LogP contribution in [0.25, 0.3) is 0 Å². The van der Waals surface area contributed by atoms with E-state index in [-0.39, 0.29) is 12.1 Å². The lowest BCUT2D eigenvalue weighted by Gasteiger charge is -2.34. The number of halogens is 1. The van der Waals surface area contributed by atoms with Gasteiger partial charge < -0.3 is 10.0 Å². The quantitative estimate of drug-likeness (QED) is 0.794. The van der Waals surface area contributed by atoms with Crippen molar-refractivity contribution in [3.05, 3.63) is 35.6 Å². The predicted molar refractivity (Wildman–Crippen MR) is 59.8 cm³/mol. The predicted octanol–water partition coefficient (Wildman–Crippen LogP) is 1.60. The van der Waals surface area contributed by atoms with Crippen molar-refractivity contribution in [2.75, 3.05) is 6.54 Å². The van der Waals surface area contributed by atoms with Crippen molar-refractivity contribution in [1.29, 1.82) is 0 Å². The van der Waals surface area contributed by atoms with Gasteiger partial charge in [-0.3, -0.25) is 4.79 Å². The average molecular weight is 239 g/mol. The molecule has 4 nitrogen and oxygen atoms in total. The maximum absolute atomic E-state index is 13.7. The molecule has 0 aliphatic carbocycles.